The first-order chi connectivity index (χ1) is 12.0. The van der Waals surface area contributed by atoms with Crippen LogP contribution in [-0.2, 0) is 43.2 Å². The molecule has 7 nitrogen and oxygen atoms in total. The van der Waals surface area contributed by atoms with Gasteiger partial charge in [-0.15, -0.1) is 0 Å². The van der Waals surface area contributed by atoms with Gasteiger partial charge in [0.05, 0.1) is 32.9 Å². The van der Waals surface area contributed by atoms with Crippen molar-refractivity contribution in [2.75, 3.05) is 13.7 Å². The summed E-state index contributed by atoms with van der Waals surface area (Å²) in [6, 6.07) is 0. The molecule has 0 amide bonds. The SMILES string of the molecule is [C-]#[N+]c1c2c(cn1CCC(=O)OC)CC(C(=O)CC(=O)OCC)CC2. The van der Waals surface area contributed by atoms with Gasteiger partial charge in [0.1, 0.15) is 12.2 Å². The zero-order valence-corrected chi connectivity index (χ0v) is 14.5. The third-order valence-electron chi connectivity index (χ3n) is 4.42. The fourth-order valence-corrected chi connectivity index (χ4v) is 3.17. The lowest BCUT2D eigenvalue weighted by Gasteiger charge is -2.20. The van der Waals surface area contributed by atoms with Crippen molar-refractivity contribution >= 4 is 23.5 Å². The molecule has 1 aliphatic rings. The van der Waals surface area contributed by atoms with Crippen molar-refractivity contribution in [3.63, 3.8) is 0 Å². The molecule has 1 aromatic heterocycles. The molecule has 0 aliphatic heterocycles. The molecule has 0 N–H and O–H groups in total. The molecule has 0 aromatic carbocycles. The van der Waals surface area contributed by atoms with Crippen molar-refractivity contribution in [3.8, 4) is 0 Å². The smallest absolute Gasteiger partial charge is 0.313 e. The monoisotopic (exact) mass is 346 g/mol. The van der Waals surface area contributed by atoms with Gasteiger partial charge in [0.15, 0.2) is 0 Å². The average Bonchev–Trinajstić information content (AvgIpc) is 2.96. The number of carbonyl (C=O) groups is 3. The summed E-state index contributed by atoms with van der Waals surface area (Å²) in [6.07, 6.45) is 3.59. The molecule has 0 saturated carbocycles. The predicted octanol–water partition coefficient (Wildman–Crippen LogP) is 2.23. The third-order valence-corrected chi connectivity index (χ3v) is 4.42. The number of ether oxygens (including phenoxy) is 2. The number of methoxy groups -OCH3 is 1. The Kier molecular flexibility index (Phi) is 6.34. The summed E-state index contributed by atoms with van der Waals surface area (Å²) < 4.78 is 11.2. The molecule has 0 bridgehead atoms. The van der Waals surface area contributed by atoms with E-state index >= 15 is 0 Å². The van der Waals surface area contributed by atoms with Crippen molar-refractivity contribution in [2.45, 2.75) is 45.6 Å². The van der Waals surface area contributed by atoms with Gasteiger partial charge < -0.3 is 14.3 Å². The van der Waals surface area contributed by atoms with E-state index in [1.807, 2.05) is 6.20 Å². The largest absolute Gasteiger partial charge is 0.469 e. The van der Waals surface area contributed by atoms with Crippen molar-refractivity contribution in [2.24, 2.45) is 5.92 Å². The number of aromatic nitrogens is 1. The van der Waals surface area contributed by atoms with Crippen LogP contribution in [0.5, 0.6) is 0 Å². The Morgan fingerprint density at radius 1 is 1.36 bits per heavy atom. The maximum absolute atomic E-state index is 12.3. The first kappa shape index (κ1) is 18.7. The first-order valence-electron chi connectivity index (χ1n) is 8.33. The van der Waals surface area contributed by atoms with E-state index in [0.29, 0.717) is 31.6 Å². The molecule has 1 heterocycles. The second kappa shape index (κ2) is 8.47. The van der Waals surface area contributed by atoms with Crippen LogP contribution in [-0.4, -0.2) is 36.0 Å². The van der Waals surface area contributed by atoms with Gasteiger partial charge in [0.2, 0.25) is 5.82 Å². The minimum Gasteiger partial charge on any atom is -0.469 e. The zero-order valence-electron chi connectivity index (χ0n) is 14.5. The molecule has 1 atom stereocenters. The van der Waals surface area contributed by atoms with Gasteiger partial charge in [-0.2, -0.15) is 0 Å². The van der Waals surface area contributed by atoms with Gasteiger partial charge in [-0.05, 0) is 37.3 Å². The lowest BCUT2D eigenvalue weighted by atomic mass is 9.82. The van der Waals surface area contributed by atoms with Crippen LogP contribution in [0, 0.1) is 12.5 Å². The van der Waals surface area contributed by atoms with Crippen LogP contribution in [0.25, 0.3) is 4.85 Å². The average molecular weight is 346 g/mol. The lowest BCUT2D eigenvalue weighted by molar-refractivity contribution is -0.146. The molecule has 2 rings (SSSR count). The predicted molar refractivity (Wildman–Crippen MR) is 89.1 cm³/mol. The van der Waals surface area contributed by atoms with E-state index in [9.17, 15) is 14.4 Å². The van der Waals surface area contributed by atoms with Crippen LogP contribution >= 0.6 is 0 Å². The summed E-state index contributed by atoms with van der Waals surface area (Å²) in [5, 5.41) is 0. The summed E-state index contributed by atoms with van der Waals surface area (Å²) in [6.45, 7) is 9.75. The van der Waals surface area contributed by atoms with Gasteiger partial charge >= 0.3 is 11.9 Å². The molecule has 1 unspecified atom stereocenters. The van der Waals surface area contributed by atoms with Crippen molar-refractivity contribution in [1.82, 2.24) is 4.57 Å². The molecule has 0 fully saturated rings. The maximum Gasteiger partial charge on any atom is 0.313 e. The van der Waals surface area contributed by atoms with E-state index in [4.69, 9.17) is 11.3 Å². The number of aryl methyl sites for hydroxylation is 1. The highest BCUT2D eigenvalue weighted by atomic mass is 16.5. The minimum atomic E-state index is -0.490. The van der Waals surface area contributed by atoms with Crippen LogP contribution in [0.1, 0.15) is 37.3 Å². The normalized spacial score (nSPS) is 15.8. The summed E-state index contributed by atoms with van der Waals surface area (Å²) in [5.74, 6) is -0.640. The van der Waals surface area contributed by atoms with E-state index in [0.717, 1.165) is 11.1 Å². The number of hydrogen-bond acceptors (Lipinski definition) is 5. The standard InChI is InChI=1S/C18H22N2O5/c1-4-25-17(23)10-15(21)12-5-6-14-13(9-12)11-20(18(14)19-2)8-7-16(22)24-3/h11-12H,4-10H2,1,3H3. The van der Waals surface area contributed by atoms with Crippen LogP contribution in [0.3, 0.4) is 0 Å². The van der Waals surface area contributed by atoms with E-state index in [2.05, 4.69) is 9.58 Å². The van der Waals surface area contributed by atoms with Gasteiger partial charge in [0, 0.05) is 5.92 Å². The van der Waals surface area contributed by atoms with Crippen molar-refractivity contribution in [1.29, 1.82) is 0 Å². The Morgan fingerprint density at radius 2 is 2.12 bits per heavy atom. The Balaban J connectivity index is 2.09. The molecule has 134 valence electrons. The summed E-state index contributed by atoms with van der Waals surface area (Å²) >= 11 is 0. The highest BCUT2D eigenvalue weighted by molar-refractivity contribution is 5.97. The molecule has 1 aromatic rings. The number of carbonyl (C=O) groups excluding carboxylic acids is 3. The molecule has 0 saturated heterocycles. The minimum absolute atomic E-state index is 0.115. The molecule has 0 radical (unpaired) electrons. The number of Topliss-reactive ketones (excluding diaryl/α,β-unsaturated/α-hetero) is 1. The molecule has 7 heteroatoms. The number of ketones is 1. The Labute approximate surface area is 146 Å². The van der Waals surface area contributed by atoms with Crippen LogP contribution < -0.4 is 0 Å². The van der Waals surface area contributed by atoms with E-state index in [1.165, 1.54) is 7.11 Å². The highest BCUT2D eigenvalue weighted by Crippen LogP contribution is 2.35. The zero-order chi connectivity index (χ0) is 18.4. The van der Waals surface area contributed by atoms with Gasteiger partial charge in [-0.3, -0.25) is 19.0 Å². The number of esters is 2. The lowest BCUT2D eigenvalue weighted by Crippen LogP contribution is -2.24. The van der Waals surface area contributed by atoms with Crippen LogP contribution in [0.4, 0.5) is 5.82 Å². The molecule has 0 spiro atoms. The molecule has 1 aliphatic carbocycles. The van der Waals surface area contributed by atoms with Gasteiger partial charge in [-0.1, -0.05) is 6.57 Å². The van der Waals surface area contributed by atoms with Crippen LogP contribution in [0.2, 0.25) is 0 Å². The number of nitrogens with zero attached hydrogens (tertiary/aromatic N) is 2. The maximum atomic E-state index is 12.3. The second-order valence-electron chi connectivity index (χ2n) is 5.98. The Bertz CT molecular complexity index is 714. The summed E-state index contributed by atoms with van der Waals surface area (Å²) in [7, 11) is 1.33. The molecular weight excluding hydrogens is 324 g/mol. The van der Waals surface area contributed by atoms with E-state index in [-0.39, 0.29) is 37.1 Å². The fraction of sp³-hybridized carbons (Fsp3) is 0.556. The fourth-order valence-electron chi connectivity index (χ4n) is 3.17. The molecule has 25 heavy (non-hydrogen) atoms. The Hall–Kier alpha value is -2.62. The third kappa shape index (κ3) is 4.47. The first-order valence-corrected chi connectivity index (χ1v) is 8.33. The topological polar surface area (TPSA) is 79.0 Å². The van der Waals surface area contributed by atoms with Gasteiger partial charge in [-0.25, -0.2) is 0 Å². The summed E-state index contributed by atoms with van der Waals surface area (Å²) in [4.78, 5) is 38.7. The van der Waals surface area contributed by atoms with E-state index in [1.54, 1.807) is 11.5 Å². The van der Waals surface area contributed by atoms with Crippen molar-refractivity contribution < 1.29 is 23.9 Å². The molecular formula is C18H22N2O5. The number of rotatable bonds is 7. The highest BCUT2D eigenvalue weighted by Gasteiger charge is 2.30. The van der Waals surface area contributed by atoms with E-state index < -0.39 is 5.97 Å². The number of fused-ring (bicyclic) bond motifs is 1. The summed E-state index contributed by atoms with van der Waals surface area (Å²) in [5.41, 5.74) is 1.89. The second-order valence-corrected chi connectivity index (χ2v) is 5.98. The quantitative estimate of drug-likeness (QED) is 0.430. The number of hydrogen-bond donors (Lipinski definition) is 0. The van der Waals surface area contributed by atoms with Gasteiger partial charge in [0.25, 0.3) is 0 Å². The Morgan fingerprint density at radius 3 is 2.76 bits per heavy atom. The van der Waals surface area contributed by atoms with Crippen LogP contribution in [0.15, 0.2) is 6.20 Å². The van der Waals surface area contributed by atoms with Crippen molar-refractivity contribution in [3.05, 3.63) is 28.7 Å².